The lowest BCUT2D eigenvalue weighted by molar-refractivity contribution is -0.228. The van der Waals surface area contributed by atoms with Gasteiger partial charge in [-0.2, -0.15) is 0 Å². The molecule has 3 N–H and O–H groups in total. The van der Waals surface area contributed by atoms with Crippen molar-refractivity contribution in [2.24, 2.45) is 11.3 Å². The average molecular weight is 779 g/mol. The monoisotopic (exact) mass is 778 g/mol. The number of nitrogens with zero attached hydrogens (tertiary/aromatic N) is 3. The number of esters is 2. The van der Waals surface area contributed by atoms with Crippen molar-refractivity contribution in [1.82, 2.24) is 14.8 Å². The van der Waals surface area contributed by atoms with Gasteiger partial charge in [-0.05, 0) is 61.4 Å². The molecule has 6 heterocycles. The first-order valence-corrected chi connectivity index (χ1v) is 20.4. The number of hydrogen-bond acceptors (Lipinski definition) is 11. The number of Topliss-reactive ketones (excluding diaryl/α,β-unsaturated/α-hetero) is 1. The van der Waals surface area contributed by atoms with Crippen molar-refractivity contribution in [2.75, 3.05) is 59.0 Å². The van der Waals surface area contributed by atoms with Gasteiger partial charge in [-0.15, -0.1) is 0 Å². The number of methoxy groups -OCH3 is 2. The summed E-state index contributed by atoms with van der Waals surface area (Å²) in [6.45, 7) is 8.37. The van der Waals surface area contributed by atoms with Gasteiger partial charge in [-0.3, -0.25) is 19.4 Å². The lowest BCUT2D eigenvalue weighted by atomic mass is 9.47. The second-order valence-corrected chi connectivity index (χ2v) is 17.3. The Morgan fingerprint density at radius 2 is 1.84 bits per heavy atom. The van der Waals surface area contributed by atoms with E-state index in [2.05, 4.69) is 52.1 Å². The van der Waals surface area contributed by atoms with E-state index in [1.165, 1.54) is 19.6 Å². The van der Waals surface area contributed by atoms with Gasteiger partial charge in [0.05, 0.1) is 20.3 Å². The highest BCUT2D eigenvalue weighted by Gasteiger charge is 2.80. The normalized spacial score (nSPS) is 35.0. The smallest absolute Gasteiger partial charge is 0.344 e. The van der Waals surface area contributed by atoms with Crippen LogP contribution in [0, 0.1) is 11.3 Å². The van der Waals surface area contributed by atoms with Crippen LogP contribution >= 0.6 is 0 Å². The molecule has 9 atom stereocenters. The van der Waals surface area contributed by atoms with Crippen LogP contribution in [0.2, 0.25) is 0 Å². The molecule has 2 fully saturated rings. The van der Waals surface area contributed by atoms with E-state index in [1.54, 1.807) is 7.11 Å². The molecule has 1 aliphatic carbocycles. The minimum atomic E-state index is -2.29. The van der Waals surface area contributed by atoms with Crippen molar-refractivity contribution in [2.45, 2.75) is 87.6 Å². The summed E-state index contributed by atoms with van der Waals surface area (Å²) in [5.41, 5.74) is 0.771. The van der Waals surface area contributed by atoms with E-state index in [1.807, 2.05) is 43.1 Å². The number of rotatable bonds is 8. The van der Waals surface area contributed by atoms with Crippen LogP contribution in [0.3, 0.4) is 0 Å². The second-order valence-electron chi connectivity index (χ2n) is 17.3. The number of carbonyl (C=O) groups is 3. The summed E-state index contributed by atoms with van der Waals surface area (Å²) in [5.74, 6) is -1.34. The Bertz CT molecular complexity index is 2250. The van der Waals surface area contributed by atoms with E-state index < -0.39 is 52.5 Å². The number of ketones is 1. The van der Waals surface area contributed by atoms with Crippen molar-refractivity contribution in [3.05, 3.63) is 82.6 Å². The summed E-state index contributed by atoms with van der Waals surface area (Å²) in [5, 5.41) is 25.4. The van der Waals surface area contributed by atoms with Crippen LogP contribution in [0.5, 0.6) is 5.75 Å². The Hall–Kier alpha value is -4.49. The third kappa shape index (κ3) is 4.84. The van der Waals surface area contributed by atoms with Gasteiger partial charge in [0.1, 0.15) is 17.8 Å². The van der Waals surface area contributed by atoms with E-state index >= 15 is 4.79 Å². The van der Waals surface area contributed by atoms with Gasteiger partial charge in [-0.1, -0.05) is 55.8 Å². The van der Waals surface area contributed by atoms with Crippen LogP contribution in [0.15, 0.2) is 60.2 Å². The van der Waals surface area contributed by atoms with Gasteiger partial charge in [0.25, 0.3) is 0 Å². The number of H-pyrrole nitrogens is 1. The SMILES string of the molecule is CCC1=C[C@H]2CN(C1)Cc1c([nH]c3ccccc13)C(C(=O)CO)(c1cc3c(cc1OC)N(C)[C@H]1[C@@](O)(C(=O)OC)[C@H](OC(C)=O)[C@@]4(CC)C=CCN5CC[C@]31[C@H]54)C2. The zero-order valence-electron chi connectivity index (χ0n) is 33.8. The van der Waals surface area contributed by atoms with Gasteiger partial charge >= 0.3 is 11.9 Å². The zero-order chi connectivity index (χ0) is 40.2. The first-order valence-electron chi connectivity index (χ1n) is 20.4. The van der Waals surface area contributed by atoms with Crippen LogP contribution in [0.1, 0.15) is 68.8 Å². The van der Waals surface area contributed by atoms with Crippen molar-refractivity contribution >= 4 is 34.3 Å². The number of hydrogen-bond donors (Lipinski definition) is 3. The Balaban J connectivity index is 1.37. The molecule has 3 aromatic rings. The van der Waals surface area contributed by atoms with Crippen LogP contribution in [-0.4, -0.2) is 121 Å². The highest BCUT2D eigenvalue weighted by Crippen LogP contribution is 2.68. The third-order valence-corrected chi connectivity index (χ3v) is 14.8. The average Bonchev–Trinajstić information content (AvgIpc) is 3.87. The number of anilines is 1. The fourth-order valence-corrected chi connectivity index (χ4v) is 12.9. The van der Waals surface area contributed by atoms with Crippen molar-refractivity contribution in [1.29, 1.82) is 0 Å². The number of ether oxygens (including phenoxy) is 3. The van der Waals surface area contributed by atoms with Gasteiger partial charge in [0.2, 0.25) is 5.60 Å². The Labute approximate surface area is 333 Å². The molecule has 1 aromatic heterocycles. The number of aromatic amines is 1. The molecule has 2 bridgehead atoms. The van der Waals surface area contributed by atoms with Crippen molar-refractivity contribution < 1.29 is 38.8 Å². The molecule has 5 aliphatic heterocycles. The Morgan fingerprint density at radius 3 is 2.54 bits per heavy atom. The maximum atomic E-state index is 15.1. The van der Waals surface area contributed by atoms with Gasteiger partial charge in [-0.25, -0.2) is 4.79 Å². The quantitative estimate of drug-likeness (QED) is 0.224. The number of likely N-dealkylation sites (N-methyl/N-ethyl adjacent to an activating group) is 1. The number of aliphatic hydroxyl groups excluding tert-OH is 1. The maximum absolute atomic E-state index is 15.1. The molecular formula is C45H54N4O8. The predicted molar refractivity (Wildman–Crippen MR) is 214 cm³/mol. The van der Waals surface area contributed by atoms with Crippen LogP contribution in [-0.2, 0) is 41.2 Å². The molecule has 57 heavy (non-hydrogen) atoms. The zero-order valence-corrected chi connectivity index (χ0v) is 33.8. The molecule has 2 unspecified atom stereocenters. The fourth-order valence-electron chi connectivity index (χ4n) is 12.9. The Morgan fingerprint density at radius 1 is 1.05 bits per heavy atom. The molecule has 1 spiro atoms. The summed E-state index contributed by atoms with van der Waals surface area (Å²) in [7, 11) is 4.72. The molecule has 9 rings (SSSR count). The lowest BCUT2D eigenvalue weighted by Gasteiger charge is -2.63. The number of aromatic nitrogens is 1. The van der Waals surface area contributed by atoms with Crippen molar-refractivity contribution in [3.63, 3.8) is 0 Å². The van der Waals surface area contributed by atoms with Crippen LogP contribution in [0.4, 0.5) is 5.69 Å². The number of para-hydroxylation sites is 1. The molecule has 2 aromatic carbocycles. The van der Waals surface area contributed by atoms with Crippen LogP contribution in [0.25, 0.3) is 10.9 Å². The first-order chi connectivity index (χ1) is 27.4. The minimum absolute atomic E-state index is 0.00270. The highest BCUT2D eigenvalue weighted by molar-refractivity contribution is 5.99. The number of aliphatic hydroxyl groups is 2. The third-order valence-electron chi connectivity index (χ3n) is 14.8. The van der Waals surface area contributed by atoms with Gasteiger partial charge < -0.3 is 34.3 Å². The largest absolute Gasteiger partial charge is 0.496 e. The molecule has 1 saturated heterocycles. The summed E-state index contributed by atoms with van der Waals surface area (Å²) in [6, 6.07) is 11.0. The summed E-state index contributed by atoms with van der Waals surface area (Å²) in [4.78, 5) is 53.0. The van der Waals surface area contributed by atoms with E-state index in [4.69, 9.17) is 14.2 Å². The van der Waals surface area contributed by atoms with E-state index in [-0.39, 0.29) is 17.7 Å². The summed E-state index contributed by atoms with van der Waals surface area (Å²) in [6.07, 6.45) is 7.52. The number of carbonyl (C=O) groups excluding carboxylic acids is 3. The molecule has 12 nitrogen and oxygen atoms in total. The lowest BCUT2D eigenvalue weighted by Crippen LogP contribution is -2.81. The summed E-state index contributed by atoms with van der Waals surface area (Å²) >= 11 is 0. The van der Waals surface area contributed by atoms with Gasteiger partial charge in [0, 0.05) is 90.9 Å². The molecule has 12 heteroatoms. The molecule has 0 radical (unpaired) electrons. The summed E-state index contributed by atoms with van der Waals surface area (Å²) < 4.78 is 17.9. The van der Waals surface area contributed by atoms with Crippen molar-refractivity contribution in [3.8, 4) is 5.75 Å². The maximum Gasteiger partial charge on any atom is 0.344 e. The van der Waals surface area contributed by atoms with E-state index in [0.29, 0.717) is 50.2 Å². The van der Waals surface area contributed by atoms with Crippen LogP contribution < -0.4 is 9.64 Å². The fraction of sp³-hybridized carbons (Fsp3) is 0.533. The first kappa shape index (κ1) is 38.1. The molecule has 0 amide bonds. The molecule has 302 valence electrons. The topological polar surface area (TPSA) is 145 Å². The van der Waals surface area contributed by atoms with E-state index in [0.717, 1.165) is 52.9 Å². The highest BCUT2D eigenvalue weighted by atomic mass is 16.6. The second kappa shape index (κ2) is 13.3. The number of fused-ring (bicyclic) bond motifs is 6. The van der Waals surface area contributed by atoms with Gasteiger partial charge in [0.15, 0.2) is 11.9 Å². The van der Waals surface area contributed by atoms with E-state index in [9.17, 15) is 19.8 Å². The standard InChI is InChI=1S/C45H54N4O8/c1-7-27-18-28-21-44(36(52)25-50,37-30(24-48(22-27)23-28)29-12-9-10-13-33(29)46-37)32-19-31-34(20-35(32)55-5)47(4)39-43(31)15-17-49-16-11-14-42(8-2,38(43)49)40(57-26(3)51)45(39,54)41(53)56-6/h9-14,18-20,28,38-40,46,50,54H,7-8,15-17,21-25H2,1-6H3/t28-,38-,39-,40-,42+,43-,44?,45+/m1/s1. The molecular weight excluding hydrogens is 725 g/mol. The number of nitrogens with one attached hydrogen (secondary N) is 1. The number of benzene rings is 2. The minimum Gasteiger partial charge on any atom is -0.496 e. The molecule has 1 saturated carbocycles. The Kier molecular flexibility index (Phi) is 8.86. The predicted octanol–water partition coefficient (Wildman–Crippen LogP) is 4.14. The molecule has 6 aliphatic rings.